The van der Waals surface area contributed by atoms with E-state index < -0.39 is 0 Å². The Labute approximate surface area is 159 Å². The Kier molecular flexibility index (Phi) is 5.33. The van der Waals surface area contributed by atoms with E-state index in [1.807, 2.05) is 17.0 Å². The van der Waals surface area contributed by atoms with Crippen LogP contribution in [0.4, 0.5) is 5.82 Å². The normalized spacial score (nSPS) is 18.7. The largest absolute Gasteiger partial charge is 0.354 e. The van der Waals surface area contributed by atoms with Crippen molar-refractivity contribution in [3.05, 3.63) is 24.2 Å². The van der Waals surface area contributed by atoms with E-state index in [-0.39, 0.29) is 5.91 Å². The molecule has 8 nitrogen and oxygen atoms in total. The first-order valence-corrected chi connectivity index (χ1v) is 9.71. The molecule has 2 aliphatic rings. The summed E-state index contributed by atoms with van der Waals surface area (Å²) in [4.78, 5) is 27.7. The van der Waals surface area contributed by atoms with Crippen molar-refractivity contribution in [2.75, 3.05) is 50.7 Å². The van der Waals surface area contributed by atoms with Crippen molar-refractivity contribution in [1.82, 2.24) is 24.9 Å². The zero-order valence-electron chi connectivity index (χ0n) is 15.8. The van der Waals surface area contributed by atoms with E-state index in [9.17, 15) is 4.79 Å². The molecule has 0 saturated carbocycles. The van der Waals surface area contributed by atoms with E-state index in [1.165, 1.54) is 6.42 Å². The number of amides is 1. The van der Waals surface area contributed by atoms with Crippen LogP contribution in [0.2, 0.25) is 0 Å². The predicted molar refractivity (Wildman–Crippen MR) is 101 cm³/mol. The number of piperidine rings is 1. The summed E-state index contributed by atoms with van der Waals surface area (Å²) >= 11 is 0. The molecular formula is C19H26N6O2. The molecule has 0 radical (unpaired) electrons. The highest BCUT2D eigenvalue weighted by molar-refractivity contribution is 5.78. The SMILES string of the molecule is Cc1noc(-c2ccc(N3CCN(CC(=O)N4CCCCC4)CC3)nc2)n1. The fourth-order valence-corrected chi connectivity index (χ4v) is 3.68. The molecule has 0 N–H and O–H groups in total. The maximum absolute atomic E-state index is 12.4. The standard InChI is InChI=1S/C19H26N6O2/c1-15-21-19(27-22-15)16-5-6-17(20-13-16)24-11-9-23(10-12-24)14-18(26)25-7-3-2-4-8-25/h5-6,13H,2-4,7-12,14H2,1H3. The van der Waals surface area contributed by atoms with Crippen LogP contribution >= 0.6 is 0 Å². The molecule has 0 aliphatic carbocycles. The van der Waals surface area contributed by atoms with Gasteiger partial charge < -0.3 is 14.3 Å². The average molecular weight is 370 g/mol. The number of aryl methyl sites for hydroxylation is 1. The molecule has 0 atom stereocenters. The Hall–Kier alpha value is -2.48. The first-order valence-electron chi connectivity index (χ1n) is 9.71. The van der Waals surface area contributed by atoms with Gasteiger partial charge in [-0.05, 0) is 38.3 Å². The van der Waals surface area contributed by atoms with E-state index in [0.717, 1.165) is 63.5 Å². The summed E-state index contributed by atoms with van der Waals surface area (Å²) in [6.45, 7) is 7.70. The first kappa shape index (κ1) is 17.9. The molecule has 0 spiro atoms. The van der Waals surface area contributed by atoms with E-state index in [2.05, 4.69) is 24.9 Å². The van der Waals surface area contributed by atoms with Gasteiger partial charge in [0.2, 0.25) is 5.91 Å². The van der Waals surface area contributed by atoms with Gasteiger partial charge in [-0.1, -0.05) is 5.16 Å². The van der Waals surface area contributed by atoms with Crippen LogP contribution in [0.15, 0.2) is 22.9 Å². The summed E-state index contributed by atoms with van der Waals surface area (Å²) in [5.41, 5.74) is 0.824. The Balaban J connectivity index is 1.29. The van der Waals surface area contributed by atoms with E-state index in [1.54, 1.807) is 13.1 Å². The van der Waals surface area contributed by atoms with Gasteiger partial charge in [0.15, 0.2) is 5.82 Å². The van der Waals surface area contributed by atoms with Gasteiger partial charge >= 0.3 is 0 Å². The minimum Gasteiger partial charge on any atom is -0.354 e. The molecule has 8 heteroatoms. The topological polar surface area (TPSA) is 78.6 Å². The smallest absolute Gasteiger partial charge is 0.259 e. The lowest BCUT2D eigenvalue weighted by molar-refractivity contribution is -0.133. The summed E-state index contributed by atoms with van der Waals surface area (Å²) < 4.78 is 5.18. The fourth-order valence-electron chi connectivity index (χ4n) is 3.68. The Morgan fingerprint density at radius 2 is 1.85 bits per heavy atom. The molecule has 27 heavy (non-hydrogen) atoms. The second kappa shape index (κ2) is 8.04. The molecule has 4 heterocycles. The highest BCUT2D eigenvalue weighted by Crippen LogP contribution is 2.20. The van der Waals surface area contributed by atoms with E-state index in [4.69, 9.17) is 4.52 Å². The molecule has 0 unspecified atom stereocenters. The van der Waals surface area contributed by atoms with Crippen molar-refractivity contribution in [1.29, 1.82) is 0 Å². The fraction of sp³-hybridized carbons (Fsp3) is 0.579. The highest BCUT2D eigenvalue weighted by Gasteiger charge is 2.23. The summed E-state index contributed by atoms with van der Waals surface area (Å²) in [5.74, 6) is 2.33. The third-order valence-electron chi connectivity index (χ3n) is 5.29. The van der Waals surface area contributed by atoms with Crippen LogP contribution < -0.4 is 4.90 Å². The Morgan fingerprint density at radius 1 is 1.07 bits per heavy atom. The van der Waals surface area contributed by atoms with Crippen LogP contribution in [0.3, 0.4) is 0 Å². The number of pyridine rings is 1. The van der Waals surface area contributed by atoms with Crippen LogP contribution in [0.5, 0.6) is 0 Å². The average Bonchev–Trinajstić information content (AvgIpc) is 3.16. The zero-order valence-corrected chi connectivity index (χ0v) is 15.8. The van der Waals surface area contributed by atoms with Gasteiger partial charge in [0.05, 0.1) is 12.1 Å². The minimum atomic E-state index is 0.278. The zero-order chi connectivity index (χ0) is 18.6. The number of piperazine rings is 1. The second-order valence-corrected chi connectivity index (χ2v) is 7.26. The molecule has 1 amide bonds. The number of aromatic nitrogens is 3. The monoisotopic (exact) mass is 370 g/mol. The molecule has 2 fully saturated rings. The molecule has 0 bridgehead atoms. The van der Waals surface area contributed by atoms with Gasteiger partial charge in [0, 0.05) is 45.5 Å². The number of carbonyl (C=O) groups excluding carboxylic acids is 1. The maximum atomic E-state index is 12.4. The Morgan fingerprint density at radius 3 is 2.48 bits per heavy atom. The number of likely N-dealkylation sites (tertiary alicyclic amines) is 1. The lowest BCUT2D eigenvalue weighted by Gasteiger charge is -2.36. The number of carbonyl (C=O) groups is 1. The van der Waals surface area contributed by atoms with Crippen LogP contribution in [0.1, 0.15) is 25.1 Å². The van der Waals surface area contributed by atoms with Crippen LogP contribution in [0, 0.1) is 6.92 Å². The Bertz CT molecular complexity index is 761. The van der Waals surface area contributed by atoms with Crippen molar-refractivity contribution < 1.29 is 9.32 Å². The summed E-state index contributed by atoms with van der Waals surface area (Å²) in [5, 5.41) is 3.81. The molecule has 2 saturated heterocycles. The third kappa shape index (κ3) is 4.27. The number of nitrogens with zero attached hydrogens (tertiary/aromatic N) is 6. The quantitative estimate of drug-likeness (QED) is 0.808. The van der Waals surface area contributed by atoms with Gasteiger partial charge in [-0.25, -0.2) is 4.98 Å². The van der Waals surface area contributed by atoms with Crippen molar-refractivity contribution in [3.63, 3.8) is 0 Å². The predicted octanol–water partition coefficient (Wildman–Crippen LogP) is 1.57. The summed E-state index contributed by atoms with van der Waals surface area (Å²) in [6.07, 6.45) is 5.31. The van der Waals surface area contributed by atoms with Crippen molar-refractivity contribution in [2.24, 2.45) is 0 Å². The van der Waals surface area contributed by atoms with Crippen molar-refractivity contribution in [2.45, 2.75) is 26.2 Å². The number of anilines is 1. The lowest BCUT2D eigenvalue weighted by atomic mass is 10.1. The van der Waals surface area contributed by atoms with Crippen LogP contribution in [-0.4, -0.2) is 76.6 Å². The van der Waals surface area contributed by atoms with Gasteiger partial charge in [0.25, 0.3) is 5.89 Å². The molecule has 2 aromatic heterocycles. The molecule has 2 aliphatic heterocycles. The molecule has 2 aromatic rings. The number of rotatable bonds is 4. The van der Waals surface area contributed by atoms with Crippen molar-refractivity contribution >= 4 is 11.7 Å². The van der Waals surface area contributed by atoms with Gasteiger partial charge in [0.1, 0.15) is 5.82 Å². The van der Waals surface area contributed by atoms with Crippen LogP contribution in [0.25, 0.3) is 11.5 Å². The maximum Gasteiger partial charge on any atom is 0.259 e. The van der Waals surface area contributed by atoms with E-state index >= 15 is 0 Å². The molecular weight excluding hydrogens is 344 g/mol. The summed E-state index contributed by atoms with van der Waals surface area (Å²) in [7, 11) is 0. The molecule has 0 aromatic carbocycles. The highest BCUT2D eigenvalue weighted by atomic mass is 16.5. The minimum absolute atomic E-state index is 0.278. The first-order chi connectivity index (χ1) is 13.2. The third-order valence-corrected chi connectivity index (χ3v) is 5.29. The number of hydrogen-bond donors (Lipinski definition) is 0. The lowest BCUT2D eigenvalue weighted by Crippen LogP contribution is -2.50. The van der Waals surface area contributed by atoms with Gasteiger partial charge in [-0.3, -0.25) is 9.69 Å². The molecule has 144 valence electrons. The molecule has 4 rings (SSSR count). The number of hydrogen-bond acceptors (Lipinski definition) is 7. The van der Waals surface area contributed by atoms with E-state index in [0.29, 0.717) is 18.3 Å². The van der Waals surface area contributed by atoms with Crippen molar-refractivity contribution in [3.8, 4) is 11.5 Å². The summed E-state index contributed by atoms with van der Waals surface area (Å²) in [6, 6.07) is 3.95. The van der Waals surface area contributed by atoms with Gasteiger partial charge in [-0.15, -0.1) is 0 Å². The second-order valence-electron chi connectivity index (χ2n) is 7.26. The van der Waals surface area contributed by atoms with Gasteiger partial charge in [-0.2, -0.15) is 4.98 Å². The van der Waals surface area contributed by atoms with Crippen LogP contribution in [-0.2, 0) is 4.79 Å².